The number of aliphatic carboxylic acids is 1. The summed E-state index contributed by atoms with van der Waals surface area (Å²) < 4.78 is 11.1. The molecule has 172 valence electrons. The Hall–Kier alpha value is -2.80. The van der Waals surface area contributed by atoms with Crippen molar-refractivity contribution in [2.75, 3.05) is 13.7 Å². The molecule has 0 saturated heterocycles. The first-order valence-electron chi connectivity index (χ1n) is 10.6. The van der Waals surface area contributed by atoms with Gasteiger partial charge in [0.15, 0.2) is 5.75 Å². The fourth-order valence-electron chi connectivity index (χ4n) is 3.82. The molecule has 1 aliphatic rings. The number of aromatic nitrogens is 1. The van der Waals surface area contributed by atoms with Crippen LogP contribution in [-0.2, 0) is 11.2 Å². The third-order valence-electron chi connectivity index (χ3n) is 6.03. The van der Waals surface area contributed by atoms with Gasteiger partial charge < -0.3 is 19.9 Å². The molecule has 0 spiro atoms. The number of carbonyl (C=O) groups is 2. The molecule has 7 nitrogen and oxygen atoms in total. The molecule has 0 bridgehead atoms. The molecular weight excluding hydrogens is 432 g/mol. The van der Waals surface area contributed by atoms with Gasteiger partial charge in [-0.3, -0.25) is 4.79 Å². The quantitative estimate of drug-likeness (QED) is 0.601. The maximum Gasteiger partial charge on any atom is 0.329 e. The Balaban J connectivity index is 1.71. The van der Waals surface area contributed by atoms with Crippen molar-refractivity contribution in [2.24, 2.45) is 5.41 Å². The molecule has 0 aliphatic heterocycles. The number of hydrogen-bond donors (Lipinski definition) is 2. The van der Waals surface area contributed by atoms with Gasteiger partial charge in [-0.2, -0.15) is 0 Å². The number of pyridine rings is 1. The molecule has 0 radical (unpaired) electrons. The molecule has 1 heterocycles. The van der Waals surface area contributed by atoms with Crippen LogP contribution in [0.5, 0.6) is 11.6 Å². The predicted octanol–water partition coefficient (Wildman–Crippen LogP) is 4.52. The van der Waals surface area contributed by atoms with Crippen LogP contribution in [-0.4, -0.2) is 41.2 Å². The third kappa shape index (κ3) is 5.71. The van der Waals surface area contributed by atoms with Crippen molar-refractivity contribution in [3.8, 4) is 11.6 Å². The molecule has 1 aromatic heterocycles. The van der Waals surface area contributed by atoms with Crippen molar-refractivity contribution in [1.82, 2.24) is 10.3 Å². The second-order valence-corrected chi connectivity index (χ2v) is 9.40. The molecule has 1 fully saturated rings. The Labute approximate surface area is 193 Å². The standard InChI is InChI=1S/C24H29ClN2O5/c1-23(2)8-10-24(11-9-23,22(29)30)27-20(28)17-14-19(21(31-3)26-15-17)32-12-7-16-5-4-6-18(25)13-16/h4-6,13-15H,7-12H2,1-3H3,(H,27,28)(H,29,30). The van der Waals surface area contributed by atoms with Crippen LogP contribution < -0.4 is 14.8 Å². The zero-order chi connectivity index (χ0) is 23.4. The van der Waals surface area contributed by atoms with E-state index in [1.807, 2.05) is 18.2 Å². The monoisotopic (exact) mass is 460 g/mol. The van der Waals surface area contributed by atoms with Crippen LogP contribution in [0.2, 0.25) is 5.02 Å². The first kappa shape index (κ1) is 23.9. The Morgan fingerprint density at radius 3 is 2.53 bits per heavy atom. The zero-order valence-corrected chi connectivity index (χ0v) is 19.4. The number of rotatable bonds is 8. The van der Waals surface area contributed by atoms with E-state index in [0.29, 0.717) is 36.6 Å². The van der Waals surface area contributed by atoms with Crippen LogP contribution in [0.15, 0.2) is 36.5 Å². The lowest BCUT2D eigenvalue weighted by Gasteiger charge is -2.41. The number of amides is 1. The minimum Gasteiger partial charge on any atom is -0.488 e. The largest absolute Gasteiger partial charge is 0.488 e. The van der Waals surface area contributed by atoms with E-state index in [0.717, 1.165) is 18.4 Å². The Kier molecular flexibility index (Phi) is 7.29. The van der Waals surface area contributed by atoms with E-state index in [-0.39, 0.29) is 16.9 Å². The van der Waals surface area contributed by atoms with Gasteiger partial charge in [0.1, 0.15) is 5.54 Å². The molecular formula is C24H29ClN2O5. The lowest BCUT2D eigenvalue weighted by Crippen LogP contribution is -2.57. The van der Waals surface area contributed by atoms with Gasteiger partial charge in [0, 0.05) is 23.7 Å². The molecule has 1 aliphatic carbocycles. The highest BCUT2D eigenvalue weighted by atomic mass is 35.5. The third-order valence-corrected chi connectivity index (χ3v) is 6.27. The molecule has 2 aromatic rings. The Morgan fingerprint density at radius 2 is 1.91 bits per heavy atom. The van der Waals surface area contributed by atoms with Gasteiger partial charge in [0.25, 0.3) is 11.8 Å². The van der Waals surface area contributed by atoms with E-state index < -0.39 is 17.4 Å². The summed E-state index contributed by atoms with van der Waals surface area (Å²) in [6.07, 6.45) is 4.18. The van der Waals surface area contributed by atoms with E-state index in [2.05, 4.69) is 24.1 Å². The number of hydrogen-bond acceptors (Lipinski definition) is 5. The van der Waals surface area contributed by atoms with Gasteiger partial charge in [-0.25, -0.2) is 9.78 Å². The second kappa shape index (κ2) is 9.77. The van der Waals surface area contributed by atoms with Crippen molar-refractivity contribution in [3.05, 3.63) is 52.7 Å². The molecule has 8 heteroatoms. The van der Waals surface area contributed by atoms with E-state index in [4.69, 9.17) is 21.1 Å². The van der Waals surface area contributed by atoms with Crippen molar-refractivity contribution in [3.63, 3.8) is 0 Å². The molecule has 32 heavy (non-hydrogen) atoms. The summed E-state index contributed by atoms with van der Waals surface area (Å²) in [7, 11) is 1.47. The van der Waals surface area contributed by atoms with Crippen LogP contribution in [0.3, 0.4) is 0 Å². The van der Waals surface area contributed by atoms with Gasteiger partial charge in [-0.05, 0) is 48.8 Å². The summed E-state index contributed by atoms with van der Waals surface area (Å²) in [6.45, 7) is 4.56. The van der Waals surface area contributed by atoms with Gasteiger partial charge in [0.2, 0.25) is 0 Å². The van der Waals surface area contributed by atoms with Crippen molar-refractivity contribution in [1.29, 1.82) is 0 Å². The van der Waals surface area contributed by atoms with Gasteiger partial charge in [-0.1, -0.05) is 37.6 Å². The van der Waals surface area contributed by atoms with Crippen molar-refractivity contribution >= 4 is 23.5 Å². The van der Waals surface area contributed by atoms with Gasteiger partial charge in [-0.15, -0.1) is 0 Å². The smallest absolute Gasteiger partial charge is 0.329 e. The Morgan fingerprint density at radius 1 is 1.19 bits per heavy atom. The van der Waals surface area contributed by atoms with Crippen molar-refractivity contribution in [2.45, 2.75) is 51.5 Å². The summed E-state index contributed by atoms with van der Waals surface area (Å²) in [5, 5.41) is 13.3. The fourth-order valence-corrected chi connectivity index (χ4v) is 4.03. The van der Waals surface area contributed by atoms with E-state index in [1.54, 1.807) is 6.07 Å². The first-order valence-corrected chi connectivity index (χ1v) is 11.0. The molecule has 1 aromatic carbocycles. The van der Waals surface area contributed by atoms with Crippen LogP contribution in [0, 0.1) is 5.41 Å². The lowest BCUT2D eigenvalue weighted by atomic mass is 9.69. The van der Waals surface area contributed by atoms with E-state index in [9.17, 15) is 14.7 Å². The molecule has 1 amide bonds. The summed E-state index contributed by atoms with van der Waals surface area (Å²) in [4.78, 5) is 29.1. The van der Waals surface area contributed by atoms with E-state index >= 15 is 0 Å². The second-order valence-electron chi connectivity index (χ2n) is 8.97. The van der Waals surface area contributed by atoms with Crippen LogP contribution in [0.4, 0.5) is 0 Å². The Bertz CT molecular complexity index is 982. The first-order chi connectivity index (χ1) is 15.1. The highest BCUT2D eigenvalue weighted by Gasteiger charge is 2.45. The number of methoxy groups -OCH3 is 1. The van der Waals surface area contributed by atoms with E-state index in [1.165, 1.54) is 19.4 Å². The number of nitrogens with zero attached hydrogens (tertiary/aromatic N) is 1. The number of halogens is 1. The summed E-state index contributed by atoms with van der Waals surface area (Å²) in [6, 6.07) is 9.02. The minimum atomic E-state index is -1.28. The topological polar surface area (TPSA) is 97.8 Å². The molecule has 0 atom stereocenters. The number of carboxylic acid groups (broad SMARTS) is 1. The number of carbonyl (C=O) groups excluding carboxylic acids is 1. The molecule has 1 saturated carbocycles. The maximum absolute atomic E-state index is 12.9. The number of carboxylic acids is 1. The minimum absolute atomic E-state index is 0.0648. The summed E-state index contributed by atoms with van der Waals surface area (Å²) in [5.41, 5.74) is 0.0195. The SMILES string of the molecule is COc1ncc(C(=O)NC2(C(=O)O)CCC(C)(C)CC2)cc1OCCc1cccc(Cl)c1. The van der Waals surface area contributed by atoms with Crippen LogP contribution in [0.25, 0.3) is 0 Å². The maximum atomic E-state index is 12.9. The average molecular weight is 461 g/mol. The van der Waals surface area contributed by atoms with Gasteiger partial charge >= 0.3 is 5.97 Å². The highest BCUT2D eigenvalue weighted by Crippen LogP contribution is 2.40. The lowest BCUT2D eigenvalue weighted by molar-refractivity contribution is -0.146. The fraction of sp³-hybridized carbons (Fsp3) is 0.458. The van der Waals surface area contributed by atoms with Gasteiger partial charge in [0.05, 0.1) is 19.3 Å². The highest BCUT2D eigenvalue weighted by molar-refractivity contribution is 6.30. The molecule has 2 N–H and O–H groups in total. The molecule has 3 rings (SSSR count). The van der Waals surface area contributed by atoms with Crippen molar-refractivity contribution < 1.29 is 24.2 Å². The average Bonchev–Trinajstić information content (AvgIpc) is 2.75. The number of benzene rings is 1. The summed E-state index contributed by atoms with van der Waals surface area (Å²) >= 11 is 6.02. The summed E-state index contributed by atoms with van der Waals surface area (Å²) in [5.74, 6) is -0.945. The number of nitrogens with one attached hydrogen (secondary N) is 1. The normalized spacial score (nSPS) is 16.8. The zero-order valence-electron chi connectivity index (χ0n) is 18.6. The van der Waals surface area contributed by atoms with Crippen LogP contribution in [0.1, 0.15) is 55.5 Å². The molecule has 0 unspecified atom stereocenters. The van der Waals surface area contributed by atoms with Crippen LogP contribution >= 0.6 is 11.6 Å². The predicted molar refractivity (Wildman–Crippen MR) is 122 cm³/mol. The number of ether oxygens (including phenoxy) is 2.